The van der Waals surface area contributed by atoms with Gasteiger partial charge >= 0.3 is 0 Å². The second-order valence-electron chi connectivity index (χ2n) is 8.92. The zero-order valence-electron chi connectivity index (χ0n) is 19.5. The first-order valence-corrected chi connectivity index (χ1v) is 12.8. The van der Waals surface area contributed by atoms with Gasteiger partial charge in [0.15, 0.2) is 0 Å². The number of hydrogen-bond donors (Lipinski definition) is 3. The second kappa shape index (κ2) is 10.6. The van der Waals surface area contributed by atoms with Gasteiger partial charge in [0.2, 0.25) is 17.7 Å². The number of fused-ring (bicyclic) bond motifs is 2. The van der Waals surface area contributed by atoms with E-state index < -0.39 is 0 Å². The molecule has 35 heavy (non-hydrogen) atoms. The third-order valence-corrected chi connectivity index (χ3v) is 7.49. The predicted octanol–water partition coefficient (Wildman–Crippen LogP) is 3.61. The number of pyridine rings is 1. The summed E-state index contributed by atoms with van der Waals surface area (Å²) in [6.45, 7) is 1.44. The number of carbonyl (C=O) groups excluding carboxylic acids is 2. The zero-order valence-corrected chi connectivity index (χ0v) is 20.4. The molecule has 1 aliphatic heterocycles. The van der Waals surface area contributed by atoms with Gasteiger partial charge < -0.3 is 20.7 Å². The second-order valence-corrected chi connectivity index (χ2v) is 9.94. The van der Waals surface area contributed by atoms with Gasteiger partial charge in [0, 0.05) is 12.5 Å². The van der Waals surface area contributed by atoms with Gasteiger partial charge in [-0.15, -0.1) is 11.8 Å². The molecular weight excluding hydrogens is 464 g/mol. The van der Waals surface area contributed by atoms with E-state index in [1.165, 1.54) is 11.8 Å². The molecule has 0 saturated heterocycles. The third kappa shape index (κ3) is 5.54. The molecule has 2 aliphatic rings. The Labute approximate surface area is 207 Å². The molecule has 1 saturated carbocycles. The summed E-state index contributed by atoms with van der Waals surface area (Å²) in [4.78, 5) is 39.1. The van der Waals surface area contributed by atoms with Crippen LogP contribution >= 0.6 is 11.8 Å². The molecule has 1 aliphatic carbocycles. The summed E-state index contributed by atoms with van der Waals surface area (Å²) < 4.78 is 5.20. The van der Waals surface area contributed by atoms with Crippen LogP contribution in [0.2, 0.25) is 0 Å². The number of ether oxygens (including phenoxy) is 1. The topological polar surface area (TPSA) is 118 Å². The normalized spacial score (nSPS) is 19.6. The molecule has 1 fully saturated rings. The minimum Gasteiger partial charge on any atom is -0.480 e. The van der Waals surface area contributed by atoms with Crippen LogP contribution in [0.5, 0.6) is 5.88 Å². The van der Waals surface area contributed by atoms with Gasteiger partial charge in [-0.25, -0.2) is 15.0 Å². The van der Waals surface area contributed by atoms with E-state index in [9.17, 15) is 9.59 Å². The Morgan fingerprint density at radius 1 is 1.23 bits per heavy atom. The zero-order chi connectivity index (χ0) is 24.2. The smallest absolute Gasteiger partial charge is 0.235 e. The van der Waals surface area contributed by atoms with Gasteiger partial charge in [0.1, 0.15) is 11.3 Å². The Hall–Kier alpha value is -3.24. The summed E-state index contributed by atoms with van der Waals surface area (Å²) in [5, 5.41) is 9.40. The van der Waals surface area contributed by atoms with Crippen molar-refractivity contribution in [2.75, 3.05) is 30.0 Å². The minimum atomic E-state index is -0.0431. The van der Waals surface area contributed by atoms with Crippen molar-refractivity contribution < 1.29 is 14.3 Å². The first-order chi connectivity index (χ1) is 17.1. The molecule has 2 atom stereocenters. The molecular formula is C25H28N6O3S. The number of amides is 2. The first-order valence-electron chi connectivity index (χ1n) is 11.8. The van der Waals surface area contributed by atoms with Crippen LogP contribution in [0.15, 0.2) is 41.4 Å². The van der Waals surface area contributed by atoms with Crippen LogP contribution in [-0.4, -0.2) is 46.2 Å². The van der Waals surface area contributed by atoms with Crippen molar-refractivity contribution in [3.8, 4) is 5.88 Å². The Kier molecular flexibility index (Phi) is 7.10. The number of nitrogens with one attached hydrogen (secondary N) is 3. The maximum Gasteiger partial charge on any atom is 0.235 e. The molecule has 0 bridgehead atoms. The molecule has 3 N–H and O–H groups in total. The molecule has 0 radical (unpaired) electrons. The fourth-order valence-electron chi connectivity index (χ4n) is 4.67. The van der Waals surface area contributed by atoms with Crippen LogP contribution in [0.1, 0.15) is 31.4 Å². The molecule has 3 heterocycles. The van der Waals surface area contributed by atoms with Crippen molar-refractivity contribution in [1.82, 2.24) is 20.3 Å². The van der Waals surface area contributed by atoms with Crippen molar-refractivity contribution in [3.05, 3.63) is 42.2 Å². The van der Waals surface area contributed by atoms with Crippen LogP contribution in [-0.2, 0) is 16.1 Å². The quantitative estimate of drug-likeness (QED) is 0.458. The lowest BCUT2D eigenvalue weighted by Crippen LogP contribution is -2.32. The number of carbonyl (C=O) groups is 2. The summed E-state index contributed by atoms with van der Waals surface area (Å²) in [6, 6.07) is 9.59. The number of aromatic nitrogens is 3. The van der Waals surface area contributed by atoms with Crippen molar-refractivity contribution >= 4 is 46.1 Å². The number of rotatable bonds is 7. The van der Waals surface area contributed by atoms with Crippen LogP contribution in [0.4, 0.5) is 11.5 Å². The molecule has 2 aromatic heterocycles. The van der Waals surface area contributed by atoms with Gasteiger partial charge in [0.05, 0.1) is 40.9 Å². The maximum absolute atomic E-state index is 13.1. The number of nitrogens with zero attached hydrogens (tertiary/aromatic N) is 3. The average molecular weight is 493 g/mol. The number of anilines is 2. The van der Waals surface area contributed by atoms with Gasteiger partial charge in [-0.3, -0.25) is 9.59 Å². The highest BCUT2D eigenvalue weighted by atomic mass is 32.2. The van der Waals surface area contributed by atoms with Crippen molar-refractivity contribution in [2.24, 2.45) is 11.8 Å². The van der Waals surface area contributed by atoms with Gasteiger partial charge in [-0.2, -0.15) is 0 Å². The number of thioether (sulfide) groups is 1. The first kappa shape index (κ1) is 23.5. The molecule has 5 rings (SSSR count). The van der Waals surface area contributed by atoms with Crippen molar-refractivity contribution in [1.29, 1.82) is 0 Å². The minimum absolute atomic E-state index is 0.0127. The molecule has 9 nitrogen and oxygen atoms in total. The lowest BCUT2D eigenvalue weighted by molar-refractivity contribution is -0.121. The monoisotopic (exact) mass is 492 g/mol. The van der Waals surface area contributed by atoms with E-state index in [0.717, 1.165) is 42.8 Å². The third-order valence-electron chi connectivity index (χ3n) is 6.44. The van der Waals surface area contributed by atoms with E-state index >= 15 is 0 Å². The average Bonchev–Trinajstić information content (AvgIpc) is 2.88. The molecule has 182 valence electrons. The van der Waals surface area contributed by atoms with Crippen LogP contribution in [0.25, 0.3) is 11.0 Å². The highest BCUT2D eigenvalue weighted by Gasteiger charge is 2.27. The fraction of sp³-hybridized carbons (Fsp3) is 0.400. The Morgan fingerprint density at radius 3 is 3.03 bits per heavy atom. The number of methoxy groups -OCH3 is 1. The van der Waals surface area contributed by atoms with Crippen LogP contribution < -0.4 is 20.7 Å². The largest absolute Gasteiger partial charge is 0.480 e. The van der Waals surface area contributed by atoms with E-state index in [4.69, 9.17) is 4.74 Å². The molecule has 2 amide bonds. The van der Waals surface area contributed by atoms with Gasteiger partial charge in [0.25, 0.3) is 0 Å². The van der Waals surface area contributed by atoms with E-state index in [1.807, 2.05) is 30.3 Å². The Morgan fingerprint density at radius 2 is 2.14 bits per heavy atom. The number of benzene rings is 1. The SMILES string of the molecule is COc1cnc2cccc(NC(=O)C3CCCC(CNCc4ccc5c(n4)NC(=O)CS5)C3)c2n1. The Balaban J connectivity index is 1.16. The summed E-state index contributed by atoms with van der Waals surface area (Å²) >= 11 is 1.51. The van der Waals surface area contributed by atoms with Crippen LogP contribution in [0.3, 0.4) is 0 Å². The summed E-state index contributed by atoms with van der Waals surface area (Å²) in [6.07, 6.45) is 5.40. The summed E-state index contributed by atoms with van der Waals surface area (Å²) in [7, 11) is 1.55. The molecule has 2 unspecified atom stereocenters. The predicted molar refractivity (Wildman–Crippen MR) is 135 cm³/mol. The van der Waals surface area contributed by atoms with E-state index in [-0.39, 0.29) is 17.7 Å². The maximum atomic E-state index is 13.1. The van der Waals surface area contributed by atoms with Crippen molar-refractivity contribution in [2.45, 2.75) is 37.1 Å². The molecule has 0 spiro atoms. The van der Waals surface area contributed by atoms with E-state index in [0.29, 0.717) is 46.6 Å². The van der Waals surface area contributed by atoms with Gasteiger partial charge in [-0.05, 0) is 56.0 Å². The highest BCUT2D eigenvalue weighted by molar-refractivity contribution is 8.00. The van der Waals surface area contributed by atoms with Gasteiger partial charge in [-0.1, -0.05) is 12.5 Å². The molecule has 10 heteroatoms. The standard InChI is InChI=1S/C25H28N6O3S/c1-34-22-13-27-18-6-3-7-19(23(18)31-22)29-25(33)16-5-2-4-15(10-16)11-26-12-17-8-9-20-24(28-17)30-21(32)14-35-20/h3,6-9,13,15-16,26H,2,4-5,10-12,14H2,1H3,(H,29,33)(H,28,30,32). The summed E-state index contributed by atoms with van der Waals surface area (Å²) in [5.74, 6) is 1.88. The molecule has 1 aromatic carbocycles. The number of hydrogen-bond acceptors (Lipinski definition) is 8. The lowest BCUT2D eigenvalue weighted by Gasteiger charge is -2.28. The number of para-hydroxylation sites is 1. The van der Waals surface area contributed by atoms with E-state index in [2.05, 4.69) is 30.9 Å². The van der Waals surface area contributed by atoms with Crippen LogP contribution in [0, 0.1) is 11.8 Å². The highest BCUT2D eigenvalue weighted by Crippen LogP contribution is 2.32. The Bertz CT molecular complexity index is 1250. The van der Waals surface area contributed by atoms with E-state index in [1.54, 1.807) is 13.3 Å². The fourth-order valence-corrected chi connectivity index (χ4v) is 5.43. The lowest BCUT2D eigenvalue weighted by atomic mass is 9.81. The summed E-state index contributed by atoms with van der Waals surface area (Å²) in [5.41, 5.74) is 2.89. The van der Waals surface area contributed by atoms with Crippen molar-refractivity contribution in [3.63, 3.8) is 0 Å². The molecule has 3 aromatic rings.